The summed E-state index contributed by atoms with van der Waals surface area (Å²) in [7, 11) is 1.36. The summed E-state index contributed by atoms with van der Waals surface area (Å²) >= 11 is 0. The van der Waals surface area contributed by atoms with Crippen molar-refractivity contribution in [1.29, 1.82) is 0 Å². The van der Waals surface area contributed by atoms with Gasteiger partial charge in [-0.15, -0.1) is 0 Å². The van der Waals surface area contributed by atoms with Crippen LogP contribution in [0.15, 0.2) is 6.07 Å². The summed E-state index contributed by atoms with van der Waals surface area (Å²) in [5, 5.41) is 9.15. The number of ether oxygens (including phenoxy) is 1. The lowest BCUT2D eigenvalue weighted by Gasteiger charge is -2.33. The van der Waals surface area contributed by atoms with Crippen molar-refractivity contribution in [2.24, 2.45) is 0 Å². The summed E-state index contributed by atoms with van der Waals surface area (Å²) in [6, 6.07) is 2.08. The number of nitrogens with zero attached hydrogens (tertiary/aromatic N) is 3. The predicted octanol–water partition coefficient (Wildman–Crippen LogP) is 1.43. The van der Waals surface area contributed by atoms with Crippen molar-refractivity contribution in [2.45, 2.75) is 32.4 Å². The molecule has 1 N–H and O–H groups in total. The van der Waals surface area contributed by atoms with Crippen molar-refractivity contribution in [3.8, 4) is 0 Å². The third kappa shape index (κ3) is 2.17. The van der Waals surface area contributed by atoms with Gasteiger partial charge in [0, 0.05) is 13.1 Å². The van der Waals surface area contributed by atoms with E-state index in [0.29, 0.717) is 24.3 Å². The van der Waals surface area contributed by atoms with Gasteiger partial charge in [-0.3, -0.25) is 0 Å². The zero-order chi connectivity index (χ0) is 16.0. The normalized spacial score (nSPS) is 23.0. The van der Waals surface area contributed by atoms with E-state index in [-0.39, 0.29) is 18.1 Å². The molecule has 2 aliphatic heterocycles. The van der Waals surface area contributed by atoms with Gasteiger partial charge in [0.05, 0.1) is 30.5 Å². The number of anilines is 1. The van der Waals surface area contributed by atoms with Gasteiger partial charge in [-0.1, -0.05) is 0 Å². The number of likely N-dealkylation sites (tertiary alicyclic amines) is 1. The number of fused-ring (bicyclic) bond motifs is 2. The SMILES string of the molecule is COC(=O)c1c(C)cc(N2C[C@@H]3C[C@H]2CN3C(=O)O)nc1C. The lowest BCUT2D eigenvalue weighted by molar-refractivity contribution is 0.0598. The smallest absolute Gasteiger partial charge is 0.407 e. The number of carbonyl (C=O) groups excluding carboxylic acids is 1. The molecule has 1 aromatic heterocycles. The summed E-state index contributed by atoms with van der Waals surface area (Å²) in [6.45, 7) is 4.82. The number of aryl methyl sites for hydroxylation is 2. The second-order valence-corrected chi connectivity index (χ2v) is 5.88. The van der Waals surface area contributed by atoms with Crippen LogP contribution in [0.25, 0.3) is 0 Å². The Bertz CT molecular complexity index is 623. The first-order chi connectivity index (χ1) is 10.4. The van der Waals surface area contributed by atoms with Gasteiger partial charge in [-0.25, -0.2) is 14.6 Å². The molecular formula is C15H19N3O4. The first-order valence-electron chi connectivity index (χ1n) is 7.25. The van der Waals surface area contributed by atoms with Crippen molar-refractivity contribution in [3.63, 3.8) is 0 Å². The molecular weight excluding hydrogens is 286 g/mol. The fraction of sp³-hybridized carbons (Fsp3) is 0.533. The minimum absolute atomic E-state index is 0.0326. The van der Waals surface area contributed by atoms with E-state index in [1.165, 1.54) is 12.0 Å². The molecule has 22 heavy (non-hydrogen) atoms. The number of aromatic nitrogens is 1. The molecule has 0 saturated carbocycles. The molecule has 2 atom stereocenters. The quantitative estimate of drug-likeness (QED) is 0.832. The largest absolute Gasteiger partial charge is 0.465 e. The van der Waals surface area contributed by atoms with Crippen molar-refractivity contribution < 1.29 is 19.4 Å². The Hall–Kier alpha value is -2.31. The summed E-state index contributed by atoms with van der Waals surface area (Å²) in [6.07, 6.45) is -0.0151. The van der Waals surface area contributed by atoms with E-state index in [1.807, 2.05) is 13.0 Å². The number of hydrogen-bond donors (Lipinski definition) is 1. The maximum atomic E-state index is 11.8. The fourth-order valence-corrected chi connectivity index (χ4v) is 3.55. The number of pyridine rings is 1. The van der Waals surface area contributed by atoms with Gasteiger partial charge in [0.2, 0.25) is 0 Å². The molecule has 0 radical (unpaired) electrons. The molecule has 7 heteroatoms. The average molecular weight is 305 g/mol. The summed E-state index contributed by atoms with van der Waals surface area (Å²) in [5.41, 5.74) is 1.97. The van der Waals surface area contributed by atoms with Crippen LogP contribution in [0.5, 0.6) is 0 Å². The van der Waals surface area contributed by atoms with E-state index >= 15 is 0 Å². The van der Waals surface area contributed by atoms with E-state index in [1.54, 1.807) is 6.92 Å². The predicted molar refractivity (Wildman–Crippen MR) is 79.3 cm³/mol. The number of piperazine rings is 1. The summed E-state index contributed by atoms with van der Waals surface area (Å²) in [5.74, 6) is 0.425. The summed E-state index contributed by atoms with van der Waals surface area (Å²) < 4.78 is 4.79. The lowest BCUT2D eigenvalue weighted by Crippen LogP contribution is -2.48. The van der Waals surface area contributed by atoms with Crippen molar-refractivity contribution in [2.75, 3.05) is 25.1 Å². The Kier molecular flexibility index (Phi) is 3.42. The van der Waals surface area contributed by atoms with Crippen LogP contribution in [-0.4, -0.2) is 59.3 Å². The highest BCUT2D eigenvalue weighted by molar-refractivity contribution is 5.92. The van der Waals surface area contributed by atoms with Crippen LogP contribution < -0.4 is 4.90 Å². The van der Waals surface area contributed by atoms with E-state index in [2.05, 4.69) is 9.88 Å². The van der Waals surface area contributed by atoms with Gasteiger partial charge < -0.3 is 19.6 Å². The molecule has 1 amide bonds. The molecule has 3 rings (SSSR count). The van der Waals surface area contributed by atoms with Crippen LogP contribution >= 0.6 is 0 Å². The van der Waals surface area contributed by atoms with Crippen LogP contribution in [-0.2, 0) is 4.74 Å². The third-order valence-electron chi connectivity index (χ3n) is 4.55. The molecule has 0 aromatic carbocycles. The Balaban J connectivity index is 1.86. The Morgan fingerprint density at radius 1 is 1.32 bits per heavy atom. The van der Waals surface area contributed by atoms with Gasteiger partial charge in [-0.05, 0) is 31.9 Å². The van der Waals surface area contributed by atoms with Crippen LogP contribution in [0.1, 0.15) is 28.0 Å². The molecule has 1 aromatic rings. The number of carbonyl (C=O) groups is 2. The number of rotatable bonds is 2. The molecule has 2 bridgehead atoms. The minimum Gasteiger partial charge on any atom is -0.465 e. The van der Waals surface area contributed by atoms with E-state index in [9.17, 15) is 9.59 Å². The van der Waals surface area contributed by atoms with Crippen LogP contribution in [0.2, 0.25) is 0 Å². The topological polar surface area (TPSA) is 83.0 Å². The molecule has 2 aliphatic rings. The highest BCUT2D eigenvalue weighted by atomic mass is 16.5. The molecule has 0 unspecified atom stereocenters. The van der Waals surface area contributed by atoms with Crippen molar-refractivity contribution in [3.05, 3.63) is 22.9 Å². The van der Waals surface area contributed by atoms with E-state index < -0.39 is 6.09 Å². The van der Waals surface area contributed by atoms with Crippen LogP contribution in [0.3, 0.4) is 0 Å². The maximum absolute atomic E-state index is 11.8. The van der Waals surface area contributed by atoms with Crippen molar-refractivity contribution >= 4 is 17.9 Å². The average Bonchev–Trinajstić information content (AvgIpc) is 3.06. The monoisotopic (exact) mass is 305 g/mol. The number of carboxylic acid groups (broad SMARTS) is 1. The second kappa shape index (κ2) is 5.15. The molecule has 0 spiro atoms. The third-order valence-corrected chi connectivity index (χ3v) is 4.55. The standard InChI is InChI=1S/C15H19N3O4/c1-8-4-12(16-9(2)13(8)14(19)22-3)17-6-11-5-10(17)7-18(11)15(20)21/h4,10-11H,5-7H2,1-3H3,(H,20,21)/t10-,11-/m0/s1. The van der Waals surface area contributed by atoms with Gasteiger partial charge in [0.25, 0.3) is 0 Å². The highest BCUT2D eigenvalue weighted by Gasteiger charge is 2.46. The Labute approximate surface area is 128 Å². The number of esters is 1. The Morgan fingerprint density at radius 2 is 2.05 bits per heavy atom. The van der Waals surface area contributed by atoms with Gasteiger partial charge in [0.1, 0.15) is 5.82 Å². The molecule has 0 aliphatic carbocycles. The van der Waals surface area contributed by atoms with Gasteiger partial charge >= 0.3 is 12.1 Å². The van der Waals surface area contributed by atoms with Crippen LogP contribution in [0.4, 0.5) is 10.6 Å². The molecule has 2 saturated heterocycles. The first kappa shape index (κ1) is 14.6. The van der Waals surface area contributed by atoms with E-state index in [4.69, 9.17) is 9.84 Å². The number of methoxy groups -OCH3 is 1. The molecule has 3 heterocycles. The van der Waals surface area contributed by atoms with E-state index in [0.717, 1.165) is 17.8 Å². The van der Waals surface area contributed by atoms with Gasteiger partial charge in [0.15, 0.2) is 0 Å². The van der Waals surface area contributed by atoms with Crippen LogP contribution in [0, 0.1) is 13.8 Å². The zero-order valence-electron chi connectivity index (χ0n) is 12.9. The second-order valence-electron chi connectivity index (χ2n) is 5.88. The molecule has 2 fully saturated rings. The number of amides is 1. The minimum atomic E-state index is -0.853. The Morgan fingerprint density at radius 3 is 2.55 bits per heavy atom. The van der Waals surface area contributed by atoms with Gasteiger partial charge in [-0.2, -0.15) is 0 Å². The molecule has 118 valence electrons. The summed E-state index contributed by atoms with van der Waals surface area (Å²) in [4.78, 5) is 31.1. The molecule has 7 nitrogen and oxygen atoms in total. The highest BCUT2D eigenvalue weighted by Crippen LogP contribution is 2.34. The first-order valence-corrected chi connectivity index (χ1v) is 7.25. The maximum Gasteiger partial charge on any atom is 0.407 e. The lowest BCUT2D eigenvalue weighted by atomic mass is 10.1. The fourth-order valence-electron chi connectivity index (χ4n) is 3.55. The zero-order valence-corrected chi connectivity index (χ0v) is 12.9. The van der Waals surface area contributed by atoms with Crippen molar-refractivity contribution in [1.82, 2.24) is 9.88 Å². The number of hydrogen-bond acceptors (Lipinski definition) is 5.